The number of hydrogen-bond donors (Lipinski definition) is 5. The van der Waals surface area contributed by atoms with Crippen molar-refractivity contribution in [2.45, 2.75) is 91.3 Å². The molecule has 1 unspecified atom stereocenters. The second kappa shape index (κ2) is 19.2. The largest absolute Gasteiger partial charge is 0.464 e. The number of esters is 1. The molecule has 2 rings (SSSR count). The first-order valence-corrected chi connectivity index (χ1v) is 15.5. The zero-order valence-electron chi connectivity index (χ0n) is 27.4. The zero-order valence-corrected chi connectivity index (χ0v) is 27.4. The number of alkyl carbamates (subject to hydrolysis) is 1. The molecule has 0 radical (unpaired) electrons. The summed E-state index contributed by atoms with van der Waals surface area (Å²) in [7, 11) is 0. The molecule has 0 aromatic heterocycles. The predicted octanol–water partition coefficient (Wildman–Crippen LogP) is 2.62. The van der Waals surface area contributed by atoms with Crippen molar-refractivity contribution in [3.63, 3.8) is 0 Å². The third kappa shape index (κ3) is 13.7. The van der Waals surface area contributed by atoms with Gasteiger partial charge in [0.05, 0.1) is 18.2 Å². The maximum absolute atomic E-state index is 13.2. The average molecular weight is 641 g/mol. The van der Waals surface area contributed by atoms with Crippen molar-refractivity contribution in [2.24, 2.45) is 11.8 Å². The number of aliphatic hydroxyl groups is 1. The quantitative estimate of drug-likeness (QED) is 0.164. The average Bonchev–Trinajstić information content (AvgIpc) is 3.02. The highest BCUT2D eigenvalue weighted by Crippen LogP contribution is 2.15. The van der Waals surface area contributed by atoms with E-state index in [1.807, 2.05) is 62.4 Å². The van der Waals surface area contributed by atoms with Gasteiger partial charge in [0, 0.05) is 12.8 Å². The van der Waals surface area contributed by atoms with Crippen molar-refractivity contribution in [1.82, 2.24) is 21.3 Å². The summed E-state index contributed by atoms with van der Waals surface area (Å²) in [6, 6.07) is 15.2. The summed E-state index contributed by atoms with van der Waals surface area (Å²) in [6.07, 6.45) is -1.58. The molecule has 0 spiro atoms. The lowest BCUT2D eigenvalue weighted by molar-refractivity contribution is -0.143. The number of benzene rings is 2. The Kier molecular flexibility index (Phi) is 15.7. The van der Waals surface area contributed by atoms with Crippen LogP contribution in [-0.2, 0) is 41.7 Å². The molecule has 0 saturated heterocycles. The number of amides is 4. The topological polar surface area (TPSA) is 172 Å². The summed E-state index contributed by atoms with van der Waals surface area (Å²) in [5.74, 6) is -2.54. The Morgan fingerprint density at radius 3 is 1.76 bits per heavy atom. The highest BCUT2D eigenvalue weighted by Gasteiger charge is 2.30. The Balaban J connectivity index is 1.99. The smallest absolute Gasteiger partial charge is 0.408 e. The summed E-state index contributed by atoms with van der Waals surface area (Å²) < 4.78 is 10.2. The van der Waals surface area contributed by atoms with E-state index in [4.69, 9.17) is 9.47 Å². The molecule has 2 aromatic carbocycles. The van der Waals surface area contributed by atoms with Crippen LogP contribution in [0.2, 0.25) is 0 Å². The van der Waals surface area contributed by atoms with Crippen molar-refractivity contribution in [2.75, 3.05) is 6.61 Å². The Morgan fingerprint density at radius 2 is 1.20 bits per heavy atom. The molecule has 0 bridgehead atoms. The minimum Gasteiger partial charge on any atom is -0.464 e. The molecular weight excluding hydrogens is 592 g/mol. The van der Waals surface area contributed by atoms with Gasteiger partial charge in [-0.2, -0.15) is 0 Å². The summed E-state index contributed by atoms with van der Waals surface area (Å²) in [4.78, 5) is 62.3. The van der Waals surface area contributed by atoms with Crippen LogP contribution in [0.25, 0.3) is 0 Å². The zero-order chi connectivity index (χ0) is 34.2. The number of rotatable bonds is 17. The molecule has 0 aliphatic carbocycles. The van der Waals surface area contributed by atoms with Crippen LogP contribution >= 0.6 is 0 Å². The number of aliphatic hydroxyl groups excluding tert-OH is 1. The summed E-state index contributed by atoms with van der Waals surface area (Å²) in [5.41, 5.74) is 1.65. The Bertz CT molecular complexity index is 1270. The SMILES string of the molecule is CC(=O)OC[C@H](NC(=O)C(C)C[C@H](O)[C@H](Cc1ccccc1)NC(=O)[C@H](C)NC(=O)[C@H](C)NC(=O)OCc1ccccc1)C(C)C. The van der Waals surface area contributed by atoms with E-state index in [2.05, 4.69) is 21.3 Å². The van der Waals surface area contributed by atoms with Gasteiger partial charge in [-0.25, -0.2) is 4.79 Å². The molecule has 12 nitrogen and oxygen atoms in total. The molecule has 4 amide bonds. The number of nitrogens with one attached hydrogen (secondary N) is 4. The first-order chi connectivity index (χ1) is 21.8. The lowest BCUT2D eigenvalue weighted by atomic mass is 9.93. The van der Waals surface area contributed by atoms with Crippen LogP contribution in [0.3, 0.4) is 0 Å². The second-order valence-corrected chi connectivity index (χ2v) is 11.8. The molecule has 0 aliphatic heterocycles. The van der Waals surface area contributed by atoms with E-state index in [0.29, 0.717) is 0 Å². The third-order valence-electron chi connectivity index (χ3n) is 7.42. The van der Waals surface area contributed by atoms with E-state index in [-0.39, 0.29) is 37.9 Å². The van der Waals surface area contributed by atoms with Gasteiger partial charge in [-0.15, -0.1) is 0 Å². The van der Waals surface area contributed by atoms with Gasteiger partial charge in [0.1, 0.15) is 25.3 Å². The number of carbonyl (C=O) groups excluding carboxylic acids is 5. The van der Waals surface area contributed by atoms with Crippen LogP contribution in [0.1, 0.15) is 59.1 Å². The monoisotopic (exact) mass is 640 g/mol. The first-order valence-electron chi connectivity index (χ1n) is 15.5. The fourth-order valence-electron chi connectivity index (χ4n) is 4.44. The van der Waals surface area contributed by atoms with Crippen molar-refractivity contribution in [3.05, 3.63) is 71.8 Å². The van der Waals surface area contributed by atoms with E-state index < -0.39 is 60.1 Å². The standard InChI is InChI=1S/C34H48N4O8/c1-21(2)29(20-45-25(6)39)38-31(41)22(3)17-30(40)28(18-26-13-9-7-10-14-26)37-33(43)23(4)35-32(42)24(5)36-34(44)46-19-27-15-11-8-12-16-27/h7-16,21-24,28-30,40H,17-20H2,1-6H3,(H,35,42)(H,36,44)(H,37,43)(H,38,41)/t22?,23-,24-,28-,29-,30-/m0/s1. The van der Waals surface area contributed by atoms with Crippen molar-refractivity contribution in [1.29, 1.82) is 0 Å². The Morgan fingerprint density at radius 1 is 0.674 bits per heavy atom. The van der Waals surface area contributed by atoms with Crippen LogP contribution in [0.15, 0.2) is 60.7 Å². The minimum atomic E-state index is -1.11. The Hall–Kier alpha value is -4.45. The molecule has 0 fully saturated rings. The van der Waals surface area contributed by atoms with Gasteiger partial charge in [-0.1, -0.05) is 81.4 Å². The molecule has 6 atom stereocenters. The number of carbonyl (C=O) groups is 5. The molecular formula is C34H48N4O8. The van der Waals surface area contributed by atoms with Gasteiger partial charge in [-0.3, -0.25) is 19.2 Å². The molecule has 46 heavy (non-hydrogen) atoms. The third-order valence-corrected chi connectivity index (χ3v) is 7.42. The molecule has 12 heteroatoms. The molecule has 0 aliphatic rings. The fourth-order valence-corrected chi connectivity index (χ4v) is 4.44. The summed E-state index contributed by atoms with van der Waals surface area (Å²) >= 11 is 0. The highest BCUT2D eigenvalue weighted by molar-refractivity contribution is 5.91. The number of hydrogen-bond acceptors (Lipinski definition) is 8. The van der Waals surface area contributed by atoms with Crippen LogP contribution in [0, 0.1) is 11.8 Å². The van der Waals surface area contributed by atoms with Crippen LogP contribution in [0.4, 0.5) is 4.79 Å². The van der Waals surface area contributed by atoms with Gasteiger partial charge in [0.15, 0.2) is 0 Å². The van der Waals surface area contributed by atoms with E-state index in [1.165, 1.54) is 20.8 Å². The van der Waals surface area contributed by atoms with Gasteiger partial charge < -0.3 is 35.8 Å². The maximum Gasteiger partial charge on any atom is 0.408 e. The lowest BCUT2D eigenvalue weighted by Gasteiger charge is -2.29. The van der Waals surface area contributed by atoms with Crippen molar-refractivity contribution < 1.29 is 38.6 Å². The van der Waals surface area contributed by atoms with Crippen LogP contribution in [-0.4, -0.2) is 71.8 Å². The number of ether oxygens (including phenoxy) is 2. The van der Waals surface area contributed by atoms with Crippen molar-refractivity contribution >= 4 is 29.8 Å². The Labute approximate surface area is 271 Å². The predicted molar refractivity (Wildman–Crippen MR) is 172 cm³/mol. The molecule has 0 saturated carbocycles. The molecule has 5 N–H and O–H groups in total. The lowest BCUT2D eigenvalue weighted by Crippen LogP contribution is -2.55. The van der Waals surface area contributed by atoms with E-state index in [1.54, 1.807) is 19.1 Å². The molecule has 0 heterocycles. The summed E-state index contributed by atoms with van der Waals surface area (Å²) in [6.45, 7) is 9.80. The normalized spacial score (nSPS) is 14.9. The van der Waals surface area contributed by atoms with Gasteiger partial charge in [-0.05, 0) is 43.7 Å². The molecule has 2 aromatic rings. The fraction of sp³-hybridized carbons (Fsp3) is 0.500. The highest BCUT2D eigenvalue weighted by atomic mass is 16.5. The maximum atomic E-state index is 13.2. The van der Waals surface area contributed by atoms with Gasteiger partial charge in [0.25, 0.3) is 0 Å². The van der Waals surface area contributed by atoms with Crippen LogP contribution in [0.5, 0.6) is 0 Å². The van der Waals surface area contributed by atoms with E-state index in [0.717, 1.165) is 11.1 Å². The first kappa shape index (κ1) is 37.7. The second-order valence-electron chi connectivity index (χ2n) is 11.8. The van der Waals surface area contributed by atoms with Gasteiger partial charge >= 0.3 is 12.1 Å². The van der Waals surface area contributed by atoms with E-state index in [9.17, 15) is 29.1 Å². The minimum absolute atomic E-state index is 0.0000857. The van der Waals surface area contributed by atoms with Gasteiger partial charge in [0.2, 0.25) is 17.7 Å². The van der Waals surface area contributed by atoms with Crippen LogP contribution < -0.4 is 21.3 Å². The van der Waals surface area contributed by atoms with E-state index >= 15 is 0 Å². The summed E-state index contributed by atoms with van der Waals surface area (Å²) in [5, 5.41) is 22.0. The molecule has 252 valence electrons. The van der Waals surface area contributed by atoms with Crippen molar-refractivity contribution in [3.8, 4) is 0 Å².